The van der Waals surface area contributed by atoms with Crippen molar-refractivity contribution < 1.29 is 4.79 Å². The first-order valence-corrected chi connectivity index (χ1v) is 9.26. The quantitative estimate of drug-likeness (QED) is 0.534. The molecule has 4 nitrogen and oxygen atoms in total. The number of carbonyl (C=O) groups excluding carboxylic acids is 1. The Kier molecular flexibility index (Phi) is 5.89. The first-order chi connectivity index (χ1) is 13.4. The average molecular weight is 410 g/mol. The molecule has 3 aromatic rings. The molecule has 0 saturated heterocycles. The van der Waals surface area contributed by atoms with Crippen molar-refractivity contribution in [3.63, 3.8) is 0 Å². The maximum absolute atomic E-state index is 12.5. The fourth-order valence-corrected chi connectivity index (χ4v) is 3.31. The topological polar surface area (TPSA) is 78.9 Å². The van der Waals surface area contributed by atoms with Crippen LogP contribution in [0, 0.1) is 18.3 Å². The molecule has 3 rings (SSSR count). The van der Waals surface area contributed by atoms with E-state index < -0.39 is 5.92 Å². The van der Waals surface area contributed by atoms with Crippen molar-refractivity contribution in [2.75, 3.05) is 11.1 Å². The second-order valence-electron chi connectivity index (χ2n) is 6.38. The predicted octanol–water partition coefficient (Wildman–Crippen LogP) is 5.79. The first-order valence-electron chi connectivity index (χ1n) is 8.51. The van der Waals surface area contributed by atoms with Gasteiger partial charge >= 0.3 is 0 Å². The monoisotopic (exact) mass is 409 g/mol. The molecular formula is C22H17Cl2N3O. The summed E-state index contributed by atoms with van der Waals surface area (Å²) < 4.78 is 0. The molecule has 0 aliphatic heterocycles. The minimum Gasteiger partial charge on any atom is -0.399 e. The summed E-state index contributed by atoms with van der Waals surface area (Å²) in [6, 6.07) is 19.6. The lowest BCUT2D eigenvalue weighted by molar-refractivity contribution is 0.102. The summed E-state index contributed by atoms with van der Waals surface area (Å²) in [4.78, 5) is 12.5. The summed E-state index contributed by atoms with van der Waals surface area (Å²) in [5, 5.41) is 13.5. The summed E-state index contributed by atoms with van der Waals surface area (Å²) in [6.45, 7) is 1.85. The van der Waals surface area contributed by atoms with E-state index in [4.69, 9.17) is 28.9 Å². The minimum absolute atomic E-state index is 0.284. The Hall–Kier alpha value is -3.00. The normalized spacial score (nSPS) is 11.5. The van der Waals surface area contributed by atoms with Crippen LogP contribution in [0.15, 0.2) is 60.7 Å². The first kappa shape index (κ1) is 19.8. The lowest BCUT2D eigenvalue weighted by atomic mass is 9.91. The van der Waals surface area contributed by atoms with Crippen molar-refractivity contribution in [2.24, 2.45) is 0 Å². The molecule has 1 amide bonds. The van der Waals surface area contributed by atoms with Crippen LogP contribution >= 0.6 is 23.2 Å². The SMILES string of the molecule is Cc1cc(C(C#N)c2ccc(Cl)cc2)c(Cl)cc1NC(=O)c1cccc(N)c1. The van der Waals surface area contributed by atoms with E-state index in [1.165, 1.54) is 0 Å². The van der Waals surface area contributed by atoms with E-state index in [2.05, 4.69) is 11.4 Å². The Morgan fingerprint density at radius 3 is 2.46 bits per heavy atom. The van der Waals surface area contributed by atoms with Crippen molar-refractivity contribution in [1.82, 2.24) is 0 Å². The number of nitrogens with two attached hydrogens (primary N) is 1. The Balaban J connectivity index is 1.91. The van der Waals surface area contributed by atoms with Gasteiger partial charge in [-0.1, -0.05) is 47.5 Å². The van der Waals surface area contributed by atoms with Gasteiger partial charge < -0.3 is 11.1 Å². The second kappa shape index (κ2) is 8.35. The van der Waals surface area contributed by atoms with Crippen LogP contribution in [-0.2, 0) is 0 Å². The smallest absolute Gasteiger partial charge is 0.255 e. The number of nitrogens with one attached hydrogen (secondary N) is 1. The highest BCUT2D eigenvalue weighted by atomic mass is 35.5. The molecule has 0 aliphatic rings. The number of hydrogen-bond donors (Lipinski definition) is 2. The molecule has 3 aromatic carbocycles. The standard InChI is InChI=1S/C22H17Cl2N3O/c1-13-9-18(19(12-25)14-5-7-16(23)8-6-14)20(24)11-21(13)27-22(28)15-3-2-4-17(26)10-15/h2-11,19H,26H2,1H3,(H,27,28). The molecule has 0 saturated carbocycles. The van der Waals surface area contributed by atoms with Gasteiger partial charge in [0.15, 0.2) is 0 Å². The summed E-state index contributed by atoms with van der Waals surface area (Å²) >= 11 is 12.4. The number of carbonyl (C=O) groups is 1. The Labute approximate surface area is 173 Å². The van der Waals surface area contributed by atoms with Gasteiger partial charge in [0.1, 0.15) is 0 Å². The maximum Gasteiger partial charge on any atom is 0.255 e. The highest BCUT2D eigenvalue weighted by Gasteiger charge is 2.19. The zero-order chi connectivity index (χ0) is 20.3. The van der Waals surface area contributed by atoms with Gasteiger partial charge in [-0.3, -0.25) is 4.79 Å². The molecule has 0 spiro atoms. The lowest BCUT2D eigenvalue weighted by Gasteiger charge is -2.16. The van der Waals surface area contributed by atoms with Crippen LogP contribution in [0.1, 0.15) is 33.0 Å². The average Bonchev–Trinajstić information content (AvgIpc) is 2.67. The third-order valence-electron chi connectivity index (χ3n) is 4.38. The number of hydrogen-bond acceptors (Lipinski definition) is 3. The molecule has 0 heterocycles. The van der Waals surface area contributed by atoms with Crippen LogP contribution in [0.25, 0.3) is 0 Å². The molecule has 1 unspecified atom stereocenters. The summed E-state index contributed by atoms with van der Waals surface area (Å²) in [7, 11) is 0. The van der Waals surface area contributed by atoms with Crippen LogP contribution in [-0.4, -0.2) is 5.91 Å². The second-order valence-corrected chi connectivity index (χ2v) is 7.23. The van der Waals surface area contributed by atoms with Gasteiger partial charge in [0.25, 0.3) is 5.91 Å². The fraction of sp³-hybridized carbons (Fsp3) is 0.0909. The number of nitrogen functional groups attached to an aromatic ring is 1. The molecule has 3 N–H and O–H groups in total. The molecule has 6 heteroatoms. The van der Waals surface area contributed by atoms with Crippen LogP contribution in [0.2, 0.25) is 10.0 Å². The molecule has 0 aromatic heterocycles. The molecule has 1 atom stereocenters. The Morgan fingerprint density at radius 1 is 1.11 bits per heavy atom. The third-order valence-corrected chi connectivity index (χ3v) is 4.96. The van der Waals surface area contributed by atoms with E-state index in [0.717, 1.165) is 11.1 Å². The Bertz CT molecular complexity index is 1070. The number of amides is 1. The van der Waals surface area contributed by atoms with Crippen LogP contribution in [0.3, 0.4) is 0 Å². The van der Waals surface area contributed by atoms with Gasteiger partial charge in [-0.15, -0.1) is 0 Å². The van der Waals surface area contributed by atoms with E-state index >= 15 is 0 Å². The maximum atomic E-state index is 12.5. The molecular weight excluding hydrogens is 393 g/mol. The third kappa shape index (κ3) is 4.28. The van der Waals surface area contributed by atoms with Gasteiger partial charge in [-0.2, -0.15) is 5.26 Å². The predicted molar refractivity (Wildman–Crippen MR) is 114 cm³/mol. The van der Waals surface area contributed by atoms with Gasteiger partial charge in [0, 0.05) is 27.0 Å². The molecule has 28 heavy (non-hydrogen) atoms. The number of benzene rings is 3. The summed E-state index contributed by atoms with van der Waals surface area (Å²) in [5.74, 6) is -0.823. The molecule has 0 fully saturated rings. The number of nitrogens with zero attached hydrogens (tertiary/aromatic N) is 1. The minimum atomic E-state index is -0.540. The fourth-order valence-electron chi connectivity index (χ4n) is 2.91. The molecule has 0 radical (unpaired) electrons. The van der Waals surface area contributed by atoms with E-state index in [9.17, 15) is 10.1 Å². The van der Waals surface area contributed by atoms with Crippen molar-refractivity contribution in [1.29, 1.82) is 5.26 Å². The number of anilines is 2. The van der Waals surface area contributed by atoms with Crippen LogP contribution < -0.4 is 11.1 Å². The van der Waals surface area contributed by atoms with E-state index in [1.807, 2.05) is 13.0 Å². The van der Waals surface area contributed by atoms with Crippen molar-refractivity contribution in [3.8, 4) is 6.07 Å². The zero-order valence-electron chi connectivity index (χ0n) is 15.0. The lowest BCUT2D eigenvalue weighted by Crippen LogP contribution is -2.13. The van der Waals surface area contributed by atoms with E-state index in [-0.39, 0.29) is 5.91 Å². The summed E-state index contributed by atoms with van der Waals surface area (Å²) in [5.41, 5.74) is 9.55. The summed E-state index contributed by atoms with van der Waals surface area (Å²) in [6.07, 6.45) is 0. The zero-order valence-corrected chi connectivity index (χ0v) is 16.6. The van der Waals surface area contributed by atoms with Crippen LogP contribution in [0.5, 0.6) is 0 Å². The van der Waals surface area contributed by atoms with Gasteiger partial charge in [-0.05, 0) is 60.0 Å². The molecule has 0 bridgehead atoms. The van der Waals surface area contributed by atoms with Gasteiger partial charge in [0.2, 0.25) is 0 Å². The number of rotatable bonds is 4. The van der Waals surface area contributed by atoms with Gasteiger partial charge in [0.05, 0.1) is 12.0 Å². The molecule has 140 valence electrons. The van der Waals surface area contributed by atoms with Crippen molar-refractivity contribution >= 4 is 40.5 Å². The number of halogens is 2. The Morgan fingerprint density at radius 2 is 1.82 bits per heavy atom. The highest BCUT2D eigenvalue weighted by Crippen LogP contribution is 2.34. The largest absolute Gasteiger partial charge is 0.399 e. The highest BCUT2D eigenvalue weighted by molar-refractivity contribution is 6.32. The number of nitriles is 1. The van der Waals surface area contributed by atoms with E-state index in [1.54, 1.807) is 54.6 Å². The van der Waals surface area contributed by atoms with Crippen molar-refractivity contribution in [2.45, 2.75) is 12.8 Å². The number of aryl methyl sites for hydroxylation is 1. The van der Waals surface area contributed by atoms with Crippen molar-refractivity contribution in [3.05, 3.63) is 93.0 Å². The molecule has 0 aliphatic carbocycles. The van der Waals surface area contributed by atoms with E-state index in [0.29, 0.717) is 32.5 Å². The van der Waals surface area contributed by atoms with Crippen LogP contribution in [0.4, 0.5) is 11.4 Å². The van der Waals surface area contributed by atoms with Gasteiger partial charge in [-0.25, -0.2) is 0 Å².